The Morgan fingerprint density at radius 1 is 1.38 bits per heavy atom. The highest BCUT2D eigenvalue weighted by Crippen LogP contribution is 2.28. The predicted molar refractivity (Wildman–Crippen MR) is 49.3 cm³/mol. The van der Waals surface area contributed by atoms with Crippen LogP contribution in [0.15, 0.2) is 18.5 Å². The fraction of sp³-hybridized carbons (Fsp3) is 0.375. The smallest absolute Gasteiger partial charge is 0.310 e. The minimum atomic E-state index is -4.84. The molecule has 0 aliphatic carbocycles. The zero-order valence-electron chi connectivity index (χ0n) is 8.25. The van der Waals surface area contributed by atoms with Crippen LogP contribution in [0.4, 0.5) is 19.1 Å². The van der Waals surface area contributed by atoms with Crippen molar-refractivity contribution >= 4 is 11.9 Å². The van der Waals surface area contributed by atoms with E-state index in [-0.39, 0.29) is 5.95 Å². The molecule has 5 nitrogen and oxygen atoms in total. The molecule has 8 heteroatoms. The number of halogens is 3. The third-order valence-corrected chi connectivity index (χ3v) is 1.85. The molecule has 88 valence electrons. The first kappa shape index (κ1) is 12.4. The van der Waals surface area contributed by atoms with Gasteiger partial charge in [-0.05, 0) is 13.0 Å². The van der Waals surface area contributed by atoms with Crippen LogP contribution in [0.5, 0.6) is 0 Å². The van der Waals surface area contributed by atoms with Crippen molar-refractivity contribution in [2.45, 2.75) is 18.6 Å². The molecule has 0 radical (unpaired) electrons. The Bertz CT molecular complexity index is 377. The van der Waals surface area contributed by atoms with E-state index < -0.39 is 17.6 Å². The van der Waals surface area contributed by atoms with E-state index >= 15 is 0 Å². The number of nitrogens with zero attached hydrogens (tertiary/aromatic N) is 2. The van der Waals surface area contributed by atoms with Crippen molar-refractivity contribution < 1.29 is 18.0 Å². The number of nitrogens with two attached hydrogens (primary N) is 1. The monoisotopic (exact) mass is 234 g/mol. The van der Waals surface area contributed by atoms with Gasteiger partial charge in [0.05, 0.1) is 0 Å². The van der Waals surface area contributed by atoms with Gasteiger partial charge in [-0.25, -0.2) is 9.97 Å². The number of carbonyl (C=O) groups excluding carboxylic acids is 1. The molecule has 3 N–H and O–H groups in total. The van der Waals surface area contributed by atoms with Crippen LogP contribution in [-0.4, -0.2) is 27.6 Å². The fourth-order valence-electron chi connectivity index (χ4n) is 0.724. The van der Waals surface area contributed by atoms with Crippen LogP contribution >= 0.6 is 0 Å². The quantitative estimate of drug-likeness (QED) is 0.789. The molecule has 1 aromatic heterocycles. The molecule has 1 heterocycles. The van der Waals surface area contributed by atoms with Gasteiger partial charge in [0.2, 0.25) is 5.95 Å². The third kappa shape index (κ3) is 2.45. The molecule has 16 heavy (non-hydrogen) atoms. The molecule has 1 amide bonds. The Balaban J connectivity index is 2.81. The summed E-state index contributed by atoms with van der Waals surface area (Å²) < 4.78 is 37.1. The number of anilines is 1. The average molecular weight is 234 g/mol. The number of amides is 1. The zero-order valence-corrected chi connectivity index (χ0v) is 8.25. The molecular formula is C8H9F3N4O. The molecule has 0 aliphatic rings. The second-order valence-corrected chi connectivity index (χ2v) is 3.23. The molecule has 0 spiro atoms. The SMILES string of the molecule is CC(N)(C(=O)Nc1ncccn1)C(F)(F)F. The second kappa shape index (κ2) is 4.05. The lowest BCUT2D eigenvalue weighted by molar-refractivity contribution is -0.184. The molecule has 1 unspecified atom stereocenters. The van der Waals surface area contributed by atoms with E-state index in [1.807, 2.05) is 5.32 Å². The lowest BCUT2D eigenvalue weighted by Crippen LogP contribution is -2.59. The highest BCUT2D eigenvalue weighted by molar-refractivity contribution is 5.97. The molecule has 1 rings (SSSR count). The number of hydrogen-bond donors (Lipinski definition) is 2. The number of hydrogen-bond acceptors (Lipinski definition) is 4. The van der Waals surface area contributed by atoms with Crippen LogP contribution in [0.3, 0.4) is 0 Å². The first-order valence-corrected chi connectivity index (χ1v) is 4.19. The summed E-state index contributed by atoms with van der Waals surface area (Å²) in [6.45, 7) is 0.575. The minimum Gasteiger partial charge on any atom is -0.310 e. The minimum absolute atomic E-state index is 0.228. The average Bonchev–Trinajstić information content (AvgIpc) is 2.17. The lowest BCUT2D eigenvalue weighted by Gasteiger charge is -2.25. The third-order valence-electron chi connectivity index (χ3n) is 1.85. The number of rotatable bonds is 2. The number of aromatic nitrogens is 2. The van der Waals surface area contributed by atoms with Gasteiger partial charge in [-0.1, -0.05) is 0 Å². The van der Waals surface area contributed by atoms with Crippen molar-refractivity contribution in [1.82, 2.24) is 9.97 Å². The summed E-state index contributed by atoms with van der Waals surface area (Å²) >= 11 is 0. The van der Waals surface area contributed by atoms with Crippen molar-refractivity contribution in [3.63, 3.8) is 0 Å². The fourth-order valence-corrected chi connectivity index (χ4v) is 0.724. The maximum atomic E-state index is 12.4. The van der Waals surface area contributed by atoms with E-state index in [1.54, 1.807) is 0 Å². The summed E-state index contributed by atoms with van der Waals surface area (Å²) in [4.78, 5) is 18.3. The normalized spacial score (nSPS) is 15.3. The summed E-state index contributed by atoms with van der Waals surface area (Å²) in [7, 11) is 0. The molecule has 0 bridgehead atoms. The maximum absolute atomic E-state index is 12.4. The van der Waals surface area contributed by atoms with Gasteiger partial charge in [-0.15, -0.1) is 0 Å². The Morgan fingerprint density at radius 3 is 2.31 bits per heavy atom. The van der Waals surface area contributed by atoms with E-state index in [4.69, 9.17) is 5.73 Å². The predicted octanol–water partition coefficient (Wildman–Crippen LogP) is 0.695. The van der Waals surface area contributed by atoms with Crippen molar-refractivity contribution in [3.05, 3.63) is 18.5 Å². The summed E-state index contributed by atoms with van der Waals surface area (Å²) in [5.41, 5.74) is 1.91. The van der Waals surface area contributed by atoms with Gasteiger partial charge in [-0.2, -0.15) is 13.2 Å². The number of alkyl halides is 3. The van der Waals surface area contributed by atoms with Crippen molar-refractivity contribution in [2.24, 2.45) is 5.73 Å². The lowest BCUT2D eigenvalue weighted by atomic mass is 10.0. The van der Waals surface area contributed by atoms with Crippen molar-refractivity contribution in [3.8, 4) is 0 Å². The standard InChI is InChI=1S/C8H9F3N4O/c1-7(12,8(9,10)11)5(16)15-6-13-3-2-4-14-6/h2-4H,12H2,1H3,(H,13,14,15,16). The summed E-state index contributed by atoms with van der Waals surface area (Å²) in [6, 6.07) is 1.46. The molecular weight excluding hydrogens is 225 g/mol. The molecule has 0 fully saturated rings. The highest BCUT2D eigenvalue weighted by Gasteiger charge is 2.54. The Hall–Kier alpha value is -1.70. The number of carbonyl (C=O) groups is 1. The van der Waals surface area contributed by atoms with Gasteiger partial charge in [0.15, 0.2) is 5.54 Å². The van der Waals surface area contributed by atoms with Crippen LogP contribution in [0.25, 0.3) is 0 Å². The van der Waals surface area contributed by atoms with Gasteiger partial charge in [-0.3, -0.25) is 10.1 Å². The number of nitrogens with one attached hydrogen (secondary N) is 1. The van der Waals surface area contributed by atoms with Crippen LogP contribution in [-0.2, 0) is 4.79 Å². The summed E-state index contributed by atoms with van der Waals surface area (Å²) in [5.74, 6) is -1.64. The molecule has 0 saturated heterocycles. The topological polar surface area (TPSA) is 80.9 Å². The van der Waals surface area contributed by atoms with E-state index in [1.165, 1.54) is 18.5 Å². The van der Waals surface area contributed by atoms with E-state index in [0.717, 1.165) is 0 Å². The van der Waals surface area contributed by atoms with Gasteiger partial charge in [0, 0.05) is 12.4 Å². The highest BCUT2D eigenvalue weighted by atomic mass is 19.4. The zero-order chi connectivity index (χ0) is 12.4. The molecule has 0 saturated carbocycles. The van der Waals surface area contributed by atoms with E-state index in [2.05, 4.69) is 9.97 Å². The molecule has 1 atom stereocenters. The Kier molecular flexibility index (Phi) is 3.13. The largest absolute Gasteiger partial charge is 0.415 e. The van der Waals surface area contributed by atoms with E-state index in [9.17, 15) is 18.0 Å². The van der Waals surface area contributed by atoms with Crippen LogP contribution < -0.4 is 11.1 Å². The Labute approximate surface area is 88.9 Å². The first-order chi connectivity index (χ1) is 7.25. The van der Waals surface area contributed by atoms with Crippen molar-refractivity contribution in [2.75, 3.05) is 5.32 Å². The first-order valence-electron chi connectivity index (χ1n) is 4.19. The van der Waals surface area contributed by atoms with Crippen molar-refractivity contribution in [1.29, 1.82) is 0 Å². The van der Waals surface area contributed by atoms with Gasteiger partial charge in [0.25, 0.3) is 5.91 Å². The van der Waals surface area contributed by atoms with Crippen LogP contribution in [0.1, 0.15) is 6.92 Å². The maximum Gasteiger partial charge on any atom is 0.415 e. The summed E-state index contributed by atoms with van der Waals surface area (Å²) in [5, 5.41) is 1.88. The van der Waals surface area contributed by atoms with Crippen LogP contribution in [0.2, 0.25) is 0 Å². The molecule has 1 aromatic rings. The van der Waals surface area contributed by atoms with Crippen LogP contribution in [0, 0.1) is 0 Å². The second-order valence-electron chi connectivity index (χ2n) is 3.23. The van der Waals surface area contributed by atoms with E-state index in [0.29, 0.717) is 6.92 Å². The molecule has 0 aliphatic heterocycles. The Morgan fingerprint density at radius 2 is 1.88 bits per heavy atom. The van der Waals surface area contributed by atoms with Gasteiger partial charge < -0.3 is 5.73 Å². The van der Waals surface area contributed by atoms with Gasteiger partial charge in [0.1, 0.15) is 0 Å². The molecule has 0 aromatic carbocycles. The van der Waals surface area contributed by atoms with Gasteiger partial charge >= 0.3 is 6.18 Å². The summed E-state index contributed by atoms with van der Waals surface area (Å²) in [6.07, 6.45) is -2.28.